The summed E-state index contributed by atoms with van der Waals surface area (Å²) in [4.78, 5) is 35.4. The van der Waals surface area contributed by atoms with Gasteiger partial charge >= 0.3 is 14.2 Å². The molecule has 8 aromatic rings. The zero-order valence-corrected chi connectivity index (χ0v) is 40.9. The molecule has 0 saturated heterocycles. The minimum absolute atomic E-state index is 0.0986. The molecule has 0 unspecified atom stereocenters. The van der Waals surface area contributed by atoms with E-state index in [2.05, 4.69) is 107 Å². The zero-order valence-electron chi connectivity index (χ0n) is 40.9. The number of benzene rings is 8. The highest BCUT2D eigenvalue weighted by Crippen LogP contribution is 2.36. The van der Waals surface area contributed by atoms with Crippen molar-refractivity contribution in [2.45, 2.75) is 77.8 Å². The molecule has 0 heterocycles. The molecule has 0 fully saturated rings. The molecular weight excluding hydrogens is 870 g/mol. The smallest absolute Gasteiger partial charge is 0.423 e. The van der Waals surface area contributed by atoms with Gasteiger partial charge in [0.2, 0.25) is 11.8 Å². The predicted octanol–water partition coefficient (Wildman–Crippen LogP) is 7.88. The standard InChI is InChI=1S/C58H64B2N4O6/c1-61(35-41-21-9-19-31-55(41)59(67)68)37-51-43-23-11-15-27-47(43)53(48-28-16-12-24-44(48)51)39-63(3)57(65)33-7-5-6-8-34-58(66)64(4)40-54-49-29-17-13-25-45(49)52(46-26-14-18-30-50(46)54)38-62(2)36-42-22-10-20-32-56(42)60(69)70/h9-32,67-70H,5-8,33-40H2,1-4H3. The summed E-state index contributed by atoms with van der Waals surface area (Å²) in [6, 6.07) is 48.5. The van der Waals surface area contributed by atoms with Crippen LogP contribution in [0.25, 0.3) is 43.1 Å². The first-order chi connectivity index (χ1) is 33.9. The van der Waals surface area contributed by atoms with Crippen molar-refractivity contribution in [3.63, 3.8) is 0 Å². The van der Waals surface area contributed by atoms with Crippen molar-refractivity contribution in [2.75, 3.05) is 28.2 Å². The molecule has 8 rings (SSSR count). The highest BCUT2D eigenvalue weighted by Gasteiger charge is 2.23. The molecule has 8 aromatic carbocycles. The van der Waals surface area contributed by atoms with Crippen LogP contribution in [0.2, 0.25) is 0 Å². The minimum atomic E-state index is -1.53. The van der Waals surface area contributed by atoms with Gasteiger partial charge in [-0.2, -0.15) is 0 Å². The van der Waals surface area contributed by atoms with Crippen LogP contribution in [0.4, 0.5) is 0 Å². The van der Waals surface area contributed by atoms with E-state index >= 15 is 0 Å². The maximum atomic E-state index is 13.7. The molecule has 358 valence electrons. The molecule has 0 aliphatic heterocycles. The number of unbranched alkanes of at least 4 members (excludes halogenated alkanes) is 3. The van der Waals surface area contributed by atoms with Crippen LogP contribution in [0.5, 0.6) is 0 Å². The van der Waals surface area contributed by atoms with Gasteiger partial charge in [-0.3, -0.25) is 19.4 Å². The molecule has 0 atom stereocenters. The number of hydrogen-bond acceptors (Lipinski definition) is 8. The van der Waals surface area contributed by atoms with Crippen LogP contribution in [0.3, 0.4) is 0 Å². The first kappa shape index (κ1) is 50.0. The molecule has 2 amide bonds. The molecule has 0 aromatic heterocycles. The van der Waals surface area contributed by atoms with Gasteiger partial charge in [0, 0.05) is 66.2 Å². The van der Waals surface area contributed by atoms with E-state index in [0.717, 1.165) is 91.0 Å². The lowest BCUT2D eigenvalue weighted by molar-refractivity contribution is -0.131. The summed E-state index contributed by atoms with van der Waals surface area (Å²) in [5.41, 5.74) is 7.37. The number of nitrogens with zero attached hydrogens (tertiary/aromatic N) is 4. The quantitative estimate of drug-likeness (QED) is 0.0326. The third-order valence-electron chi connectivity index (χ3n) is 13.9. The summed E-state index contributed by atoms with van der Waals surface area (Å²) < 4.78 is 0. The Morgan fingerprint density at radius 3 is 0.900 bits per heavy atom. The van der Waals surface area contributed by atoms with Crippen LogP contribution in [-0.4, -0.2) is 93.9 Å². The van der Waals surface area contributed by atoms with Crippen LogP contribution in [0.1, 0.15) is 71.9 Å². The van der Waals surface area contributed by atoms with E-state index in [4.69, 9.17) is 0 Å². The summed E-state index contributed by atoms with van der Waals surface area (Å²) in [6.45, 7) is 3.35. The van der Waals surface area contributed by atoms with Crippen LogP contribution in [0.15, 0.2) is 146 Å². The van der Waals surface area contributed by atoms with Crippen LogP contribution < -0.4 is 10.9 Å². The summed E-state index contributed by atoms with van der Waals surface area (Å²) >= 11 is 0. The van der Waals surface area contributed by atoms with Crippen molar-refractivity contribution < 1.29 is 29.7 Å². The van der Waals surface area contributed by atoms with E-state index in [1.165, 1.54) is 11.1 Å². The maximum Gasteiger partial charge on any atom is 0.488 e. The van der Waals surface area contributed by atoms with Crippen LogP contribution in [-0.2, 0) is 48.9 Å². The van der Waals surface area contributed by atoms with E-state index in [1.807, 2.05) is 74.4 Å². The van der Waals surface area contributed by atoms with Crippen molar-refractivity contribution >= 4 is 80.1 Å². The van der Waals surface area contributed by atoms with Gasteiger partial charge in [0.1, 0.15) is 0 Å². The summed E-state index contributed by atoms with van der Waals surface area (Å²) in [5.74, 6) is 0.197. The summed E-state index contributed by atoms with van der Waals surface area (Å²) in [6.07, 6.45) is 4.13. The van der Waals surface area contributed by atoms with E-state index in [1.54, 1.807) is 12.1 Å². The Labute approximate surface area is 412 Å². The molecule has 70 heavy (non-hydrogen) atoms. The van der Waals surface area contributed by atoms with Crippen molar-refractivity contribution in [2.24, 2.45) is 0 Å². The lowest BCUT2D eigenvalue weighted by Crippen LogP contribution is -2.35. The number of carbonyl (C=O) groups is 2. The number of carbonyl (C=O) groups excluding carboxylic acids is 2. The molecule has 0 radical (unpaired) electrons. The van der Waals surface area contributed by atoms with Gasteiger partial charge in [-0.1, -0.05) is 158 Å². The van der Waals surface area contributed by atoms with E-state index in [-0.39, 0.29) is 11.8 Å². The number of rotatable bonds is 21. The summed E-state index contributed by atoms with van der Waals surface area (Å²) in [7, 11) is 4.80. The fourth-order valence-corrected chi connectivity index (χ4v) is 10.3. The van der Waals surface area contributed by atoms with Crippen molar-refractivity contribution in [3.8, 4) is 0 Å². The highest BCUT2D eigenvalue weighted by atomic mass is 16.4. The SMILES string of the molecule is CN(Cc1ccccc1B(O)O)Cc1c2ccccc2c(CN(C)C(=O)CCCCCCC(=O)N(C)Cc2c3ccccc3c(CN(C)Cc3ccccc3B(O)O)c3ccccc23)c2ccccc12. The molecule has 0 bridgehead atoms. The second kappa shape index (κ2) is 23.0. The van der Waals surface area contributed by atoms with Crippen molar-refractivity contribution in [1.82, 2.24) is 19.6 Å². The molecule has 0 aliphatic rings. The lowest BCUT2D eigenvalue weighted by atomic mass is 9.77. The molecular formula is C58H64B2N4O6. The second-order valence-electron chi connectivity index (χ2n) is 19.0. The molecule has 4 N–H and O–H groups in total. The van der Waals surface area contributed by atoms with Gasteiger partial charge < -0.3 is 29.9 Å². The Balaban J connectivity index is 0.860. The van der Waals surface area contributed by atoms with Gasteiger partial charge in [0.25, 0.3) is 0 Å². The average molecular weight is 935 g/mol. The number of fused-ring (bicyclic) bond motifs is 4. The molecule has 12 heteroatoms. The Bertz CT molecular complexity index is 2800. The normalized spacial score (nSPS) is 11.6. The van der Waals surface area contributed by atoms with Crippen molar-refractivity contribution in [3.05, 3.63) is 179 Å². The number of hydrogen-bond donors (Lipinski definition) is 4. The molecule has 0 aliphatic carbocycles. The Hall–Kier alpha value is -6.37. The first-order valence-electron chi connectivity index (χ1n) is 24.4. The topological polar surface area (TPSA) is 128 Å². The van der Waals surface area contributed by atoms with E-state index in [9.17, 15) is 29.7 Å². The second-order valence-corrected chi connectivity index (χ2v) is 19.0. The van der Waals surface area contributed by atoms with Crippen LogP contribution in [0, 0.1) is 0 Å². The van der Waals surface area contributed by atoms with Crippen molar-refractivity contribution in [1.29, 1.82) is 0 Å². The minimum Gasteiger partial charge on any atom is -0.423 e. The lowest BCUT2D eigenvalue weighted by Gasteiger charge is -2.25. The maximum absolute atomic E-state index is 13.7. The predicted molar refractivity (Wildman–Crippen MR) is 286 cm³/mol. The van der Waals surface area contributed by atoms with Gasteiger partial charge in [0.05, 0.1) is 0 Å². The largest absolute Gasteiger partial charge is 0.488 e. The molecule has 0 spiro atoms. The first-order valence-corrected chi connectivity index (χ1v) is 24.4. The average Bonchev–Trinajstić information content (AvgIpc) is 3.36. The number of amides is 2. The van der Waals surface area contributed by atoms with E-state index < -0.39 is 14.2 Å². The summed E-state index contributed by atoms with van der Waals surface area (Å²) in [5, 5.41) is 48.9. The van der Waals surface area contributed by atoms with E-state index in [0.29, 0.717) is 63.0 Å². The van der Waals surface area contributed by atoms with Gasteiger partial charge in [0.15, 0.2) is 0 Å². The van der Waals surface area contributed by atoms with Crippen LogP contribution >= 0.6 is 0 Å². The third-order valence-corrected chi connectivity index (χ3v) is 13.9. The monoisotopic (exact) mass is 935 g/mol. The van der Waals surface area contributed by atoms with Gasteiger partial charge in [-0.15, -0.1) is 0 Å². The Morgan fingerprint density at radius 1 is 0.357 bits per heavy atom. The Morgan fingerprint density at radius 2 is 0.614 bits per heavy atom. The zero-order chi connectivity index (χ0) is 49.3. The fraction of sp³-hybridized carbons (Fsp3) is 0.276. The van der Waals surface area contributed by atoms with Gasteiger partial charge in [-0.25, -0.2) is 0 Å². The Kier molecular flexibility index (Phi) is 16.5. The third kappa shape index (κ3) is 11.5. The molecule has 0 saturated carbocycles. The molecule has 10 nitrogen and oxygen atoms in total. The highest BCUT2D eigenvalue weighted by molar-refractivity contribution is 6.59. The van der Waals surface area contributed by atoms with Gasteiger partial charge in [-0.05, 0) is 114 Å². The fourth-order valence-electron chi connectivity index (χ4n) is 10.3.